The monoisotopic (exact) mass is 645 g/mol. The third kappa shape index (κ3) is 7.59. The van der Waals surface area contributed by atoms with Gasteiger partial charge in [0.15, 0.2) is 0 Å². The second-order valence-electron chi connectivity index (χ2n) is 11.8. The van der Waals surface area contributed by atoms with Gasteiger partial charge in [-0.2, -0.15) is 5.21 Å². The van der Waals surface area contributed by atoms with Gasteiger partial charge in [0.25, 0.3) is 5.91 Å². The summed E-state index contributed by atoms with van der Waals surface area (Å²) < 4.78 is 5.47. The van der Waals surface area contributed by atoms with Crippen LogP contribution in [0.25, 0.3) is 22.5 Å². The molecule has 242 valence electrons. The van der Waals surface area contributed by atoms with Gasteiger partial charge in [0, 0.05) is 30.8 Å². The van der Waals surface area contributed by atoms with E-state index < -0.39 is 11.9 Å². The van der Waals surface area contributed by atoms with Crippen LogP contribution in [-0.2, 0) is 20.7 Å². The summed E-state index contributed by atoms with van der Waals surface area (Å²) in [5.74, 6) is 0.858. The smallest absolute Gasteiger partial charge is 0.251 e. The molecule has 12 nitrogen and oxygen atoms in total. The normalized spacial score (nSPS) is 18.8. The standard InChI is InChI=1S/C33H39N9O3.ClH/c34-21-23-3-7-26(8-4-23)32(43)42(28-11-9-25(10-12-28)31-37-39-40-38-31)33(44)29(35)19-22-1-5-24(6-2-22)27-13-14-36-30(20-27)41-15-17-45-18-16-41;/h1-2,5-6,9-14,20,23,26,29H,3-4,7-8,15-19,21,34-35H2,(H,37,38,39,40);1H/t23?,26?,29-;/m0./s1. The number of hydrogen-bond acceptors (Lipinski definition) is 10. The van der Waals surface area contributed by atoms with E-state index in [2.05, 4.69) is 36.6 Å². The Bertz CT molecular complexity index is 1570. The molecular formula is C33H40ClN9O3. The number of halogens is 1. The van der Waals surface area contributed by atoms with Crippen LogP contribution in [0, 0.1) is 11.8 Å². The highest BCUT2D eigenvalue weighted by molar-refractivity contribution is 6.17. The molecule has 1 saturated heterocycles. The highest BCUT2D eigenvalue weighted by Gasteiger charge is 2.35. The molecular weight excluding hydrogens is 606 g/mol. The number of rotatable bonds is 9. The molecule has 46 heavy (non-hydrogen) atoms. The van der Waals surface area contributed by atoms with Gasteiger partial charge < -0.3 is 21.1 Å². The van der Waals surface area contributed by atoms with Crippen molar-refractivity contribution < 1.29 is 14.3 Å². The van der Waals surface area contributed by atoms with Crippen LogP contribution < -0.4 is 21.3 Å². The zero-order chi connectivity index (χ0) is 31.2. The molecule has 2 amide bonds. The fraction of sp³-hybridized carbons (Fsp3) is 0.394. The molecule has 2 aromatic heterocycles. The SMILES string of the molecule is Cl.NCC1CCC(C(=O)N(C(=O)[C@@H](N)Cc2ccc(-c3ccnc(N4CCOCC4)c3)cc2)c2ccc(-c3nn[nH]n3)cc2)CC1. The van der Waals surface area contributed by atoms with Crippen LogP contribution in [-0.4, -0.2) is 76.3 Å². The molecule has 1 aliphatic heterocycles. The third-order valence-electron chi connectivity index (χ3n) is 8.84. The predicted octanol–water partition coefficient (Wildman–Crippen LogP) is 3.38. The van der Waals surface area contributed by atoms with Crippen LogP contribution in [0.5, 0.6) is 0 Å². The summed E-state index contributed by atoms with van der Waals surface area (Å²) in [7, 11) is 0. The van der Waals surface area contributed by atoms with Crippen molar-refractivity contribution in [1.29, 1.82) is 0 Å². The Morgan fingerprint density at radius 3 is 2.30 bits per heavy atom. The van der Waals surface area contributed by atoms with Gasteiger partial charge in [0.1, 0.15) is 5.82 Å². The number of H-pyrrole nitrogens is 1. The number of tetrazole rings is 1. The van der Waals surface area contributed by atoms with Crippen molar-refractivity contribution in [3.8, 4) is 22.5 Å². The number of imide groups is 1. The van der Waals surface area contributed by atoms with Crippen LogP contribution >= 0.6 is 12.4 Å². The number of hydrogen-bond donors (Lipinski definition) is 3. The zero-order valence-electron chi connectivity index (χ0n) is 25.6. The average Bonchev–Trinajstić information content (AvgIpc) is 3.65. The van der Waals surface area contributed by atoms with Crippen molar-refractivity contribution in [2.24, 2.45) is 23.3 Å². The predicted molar refractivity (Wildman–Crippen MR) is 178 cm³/mol. The van der Waals surface area contributed by atoms with Gasteiger partial charge in [-0.25, -0.2) is 9.88 Å². The maximum absolute atomic E-state index is 13.9. The van der Waals surface area contributed by atoms with E-state index in [0.29, 0.717) is 62.0 Å². The van der Waals surface area contributed by atoms with E-state index >= 15 is 0 Å². The molecule has 5 N–H and O–H groups in total. The van der Waals surface area contributed by atoms with E-state index in [1.54, 1.807) is 24.3 Å². The van der Waals surface area contributed by atoms with E-state index in [1.807, 2.05) is 36.5 Å². The second kappa shape index (κ2) is 15.4. The number of morpholine rings is 1. The molecule has 2 fully saturated rings. The first-order valence-electron chi connectivity index (χ1n) is 15.6. The highest BCUT2D eigenvalue weighted by Crippen LogP contribution is 2.32. The molecule has 13 heteroatoms. The number of ether oxygens (including phenoxy) is 1. The first kappa shape index (κ1) is 33.1. The molecule has 0 bridgehead atoms. The molecule has 2 aromatic carbocycles. The fourth-order valence-electron chi connectivity index (χ4n) is 6.14. The number of aromatic amines is 1. The lowest BCUT2D eigenvalue weighted by Gasteiger charge is -2.32. The molecule has 1 saturated carbocycles. The van der Waals surface area contributed by atoms with Crippen LogP contribution in [0.4, 0.5) is 11.5 Å². The summed E-state index contributed by atoms with van der Waals surface area (Å²) in [4.78, 5) is 35.9. The minimum atomic E-state index is -0.911. The van der Waals surface area contributed by atoms with Crippen LogP contribution in [0.3, 0.4) is 0 Å². The van der Waals surface area contributed by atoms with Crippen molar-refractivity contribution in [3.05, 3.63) is 72.4 Å². The summed E-state index contributed by atoms with van der Waals surface area (Å²) in [6.45, 7) is 3.64. The van der Waals surface area contributed by atoms with Gasteiger partial charge >= 0.3 is 0 Å². The van der Waals surface area contributed by atoms with Crippen LogP contribution in [0.15, 0.2) is 66.9 Å². The van der Waals surface area contributed by atoms with E-state index in [0.717, 1.165) is 48.4 Å². The lowest BCUT2D eigenvalue weighted by Crippen LogP contribution is -2.50. The van der Waals surface area contributed by atoms with Crippen molar-refractivity contribution in [1.82, 2.24) is 25.6 Å². The number of nitrogens with zero attached hydrogens (tertiary/aromatic N) is 6. The molecule has 1 atom stereocenters. The Morgan fingerprint density at radius 1 is 0.957 bits per heavy atom. The quantitative estimate of drug-likeness (QED) is 0.245. The average molecular weight is 646 g/mol. The Labute approximate surface area is 274 Å². The van der Waals surface area contributed by atoms with Gasteiger partial charge in [-0.3, -0.25) is 9.59 Å². The minimum absolute atomic E-state index is 0. The number of anilines is 2. The van der Waals surface area contributed by atoms with Gasteiger partial charge in [0.05, 0.1) is 24.9 Å². The number of nitrogens with two attached hydrogens (primary N) is 2. The molecule has 0 radical (unpaired) electrons. The minimum Gasteiger partial charge on any atom is -0.378 e. The van der Waals surface area contributed by atoms with Crippen molar-refractivity contribution >= 4 is 35.7 Å². The maximum atomic E-state index is 13.9. The number of amides is 2. The fourth-order valence-corrected chi connectivity index (χ4v) is 6.14. The highest BCUT2D eigenvalue weighted by atomic mass is 35.5. The molecule has 0 spiro atoms. The van der Waals surface area contributed by atoms with E-state index in [9.17, 15) is 9.59 Å². The van der Waals surface area contributed by atoms with E-state index in [1.165, 1.54) is 4.90 Å². The van der Waals surface area contributed by atoms with Crippen molar-refractivity contribution in [2.45, 2.75) is 38.1 Å². The van der Waals surface area contributed by atoms with Crippen LogP contribution in [0.1, 0.15) is 31.2 Å². The Balaban J connectivity index is 0.00000417. The number of benzene rings is 2. The van der Waals surface area contributed by atoms with Gasteiger partial charge in [-0.1, -0.05) is 24.3 Å². The molecule has 6 rings (SSSR count). The summed E-state index contributed by atoms with van der Waals surface area (Å²) in [5, 5.41) is 14.1. The Kier molecular flexibility index (Phi) is 11.1. The molecule has 3 heterocycles. The van der Waals surface area contributed by atoms with Gasteiger partial charge in [-0.15, -0.1) is 22.6 Å². The summed E-state index contributed by atoms with van der Waals surface area (Å²) in [6.07, 6.45) is 5.25. The summed E-state index contributed by atoms with van der Waals surface area (Å²) in [6, 6.07) is 18.2. The largest absolute Gasteiger partial charge is 0.378 e. The van der Waals surface area contributed by atoms with Gasteiger partial charge in [-0.05, 0) is 103 Å². The second-order valence-corrected chi connectivity index (χ2v) is 11.8. The van der Waals surface area contributed by atoms with E-state index in [-0.39, 0.29) is 24.2 Å². The number of carbonyl (C=O) groups excluding carboxylic acids is 2. The van der Waals surface area contributed by atoms with Crippen molar-refractivity contribution in [3.63, 3.8) is 0 Å². The molecule has 1 aliphatic carbocycles. The number of pyridine rings is 1. The Morgan fingerprint density at radius 2 is 1.65 bits per heavy atom. The van der Waals surface area contributed by atoms with Gasteiger partial charge in [0.2, 0.25) is 11.7 Å². The number of aromatic nitrogens is 5. The topological polar surface area (TPSA) is 169 Å². The third-order valence-corrected chi connectivity index (χ3v) is 8.84. The number of nitrogens with one attached hydrogen (secondary N) is 1. The Hall–Kier alpha value is -4.23. The summed E-state index contributed by atoms with van der Waals surface area (Å²) >= 11 is 0. The van der Waals surface area contributed by atoms with E-state index in [4.69, 9.17) is 16.2 Å². The lowest BCUT2D eigenvalue weighted by atomic mass is 9.81. The summed E-state index contributed by atoms with van der Waals surface area (Å²) in [5.41, 5.74) is 16.6. The number of carbonyl (C=O) groups is 2. The molecule has 0 unspecified atom stereocenters. The molecule has 2 aliphatic rings. The van der Waals surface area contributed by atoms with Crippen molar-refractivity contribution in [2.75, 3.05) is 42.6 Å². The molecule has 4 aromatic rings. The first-order chi connectivity index (χ1) is 22.0. The maximum Gasteiger partial charge on any atom is 0.251 e. The lowest BCUT2D eigenvalue weighted by molar-refractivity contribution is -0.130. The first-order valence-corrected chi connectivity index (χ1v) is 15.6. The zero-order valence-corrected chi connectivity index (χ0v) is 26.4. The van der Waals surface area contributed by atoms with Crippen LogP contribution in [0.2, 0.25) is 0 Å².